The van der Waals surface area contributed by atoms with E-state index in [0.717, 1.165) is 47.3 Å². The van der Waals surface area contributed by atoms with Crippen LogP contribution in [0.25, 0.3) is 5.65 Å². The fourth-order valence-corrected chi connectivity index (χ4v) is 3.90. The van der Waals surface area contributed by atoms with E-state index in [1.165, 1.54) is 12.8 Å². The Morgan fingerprint density at radius 2 is 1.86 bits per heavy atom. The molecule has 146 valence electrons. The summed E-state index contributed by atoms with van der Waals surface area (Å²) in [6.07, 6.45) is 2.40. The molecule has 0 atom stereocenters. The Labute approximate surface area is 178 Å². The van der Waals surface area contributed by atoms with Gasteiger partial charge in [0.15, 0.2) is 5.65 Å². The predicted molar refractivity (Wildman–Crippen MR) is 118 cm³/mol. The first-order chi connectivity index (χ1) is 13.5. The van der Waals surface area contributed by atoms with E-state index in [4.69, 9.17) is 5.10 Å². The zero-order valence-electron chi connectivity index (χ0n) is 16.7. The average Bonchev–Trinajstić information content (AvgIpc) is 3.40. The van der Waals surface area contributed by atoms with E-state index in [1.807, 2.05) is 29.1 Å². The summed E-state index contributed by atoms with van der Waals surface area (Å²) in [4.78, 5) is 11.6. The number of aromatic nitrogens is 6. The number of aryl methyl sites for hydroxylation is 2. The first-order valence-electron chi connectivity index (χ1n) is 9.62. The number of hydrogen-bond acceptors (Lipinski definition) is 5. The van der Waals surface area contributed by atoms with Gasteiger partial charge in [0.25, 0.3) is 0 Å². The summed E-state index contributed by atoms with van der Waals surface area (Å²) in [5, 5.41) is 9.33. The number of rotatable bonds is 3. The van der Waals surface area contributed by atoms with Crippen molar-refractivity contribution in [2.45, 2.75) is 51.0 Å². The monoisotopic (exact) mass is 489 g/mol. The van der Waals surface area contributed by atoms with Gasteiger partial charge in [0, 0.05) is 18.7 Å². The van der Waals surface area contributed by atoms with Crippen molar-refractivity contribution in [1.82, 2.24) is 29.4 Å². The summed E-state index contributed by atoms with van der Waals surface area (Å²) in [6.45, 7) is 10.4. The summed E-state index contributed by atoms with van der Waals surface area (Å²) in [5.74, 6) is 8.21. The lowest BCUT2D eigenvalue weighted by atomic mass is 10.0. The summed E-state index contributed by atoms with van der Waals surface area (Å²) >= 11 is 2.29. The lowest BCUT2D eigenvalue weighted by molar-refractivity contribution is 0.745. The third kappa shape index (κ3) is 3.48. The highest BCUT2D eigenvalue weighted by molar-refractivity contribution is 14.1. The summed E-state index contributed by atoms with van der Waals surface area (Å²) in [5.41, 5.74) is 4.85. The molecule has 0 unspecified atom stereocenters. The molecule has 1 aliphatic rings. The molecule has 0 saturated carbocycles. The van der Waals surface area contributed by atoms with Gasteiger partial charge in [-0.25, -0.2) is 14.2 Å². The van der Waals surface area contributed by atoms with Crippen LogP contribution in [0, 0.1) is 25.7 Å². The normalized spacial score (nSPS) is 14.1. The van der Waals surface area contributed by atoms with E-state index in [1.54, 1.807) is 0 Å². The second-order valence-corrected chi connectivity index (χ2v) is 8.14. The molecule has 4 heterocycles. The van der Waals surface area contributed by atoms with Crippen LogP contribution in [0.15, 0.2) is 6.07 Å². The average molecular weight is 489 g/mol. The first-order valence-corrected chi connectivity index (χ1v) is 11.1. The Kier molecular flexibility index (Phi) is 5.27. The van der Waals surface area contributed by atoms with Crippen LogP contribution in [0.5, 0.6) is 0 Å². The zero-order valence-corrected chi connectivity index (χ0v) is 18.9. The molecule has 1 fully saturated rings. The van der Waals surface area contributed by atoms with Crippen LogP contribution < -0.4 is 4.90 Å². The maximum absolute atomic E-state index is 4.70. The van der Waals surface area contributed by atoms with E-state index in [2.05, 4.69) is 68.2 Å². The number of anilines is 1. The molecular weight excluding hydrogens is 465 g/mol. The smallest absolute Gasteiger partial charge is 0.245 e. The minimum atomic E-state index is 0.340. The second-order valence-electron chi connectivity index (χ2n) is 7.46. The molecule has 4 rings (SSSR count). The molecule has 3 aromatic heterocycles. The Morgan fingerprint density at radius 1 is 1.11 bits per heavy atom. The summed E-state index contributed by atoms with van der Waals surface area (Å²) in [7, 11) is 0. The Balaban J connectivity index is 1.75. The maximum Gasteiger partial charge on any atom is 0.245 e. The van der Waals surface area contributed by atoms with Crippen molar-refractivity contribution in [2.75, 3.05) is 18.0 Å². The van der Waals surface area contributed by atoms with Crippen LogP contribution in [0.4, 0.5) is 5.95 Å². The first kappa shape index (κ1) is 19.2. The second kappa shape index (κ2) is 7.70. The van der Waals surface area contributed by atoms with Crippen molar-refractivity contribution < 1.29 is 0 Å². The fraction of sp³-hybridized carbons (Fsp3) is 0.500. The molecule has 0 spiro atoms. The van der Waals surface area contributed by atoms with Crippen molar-refractivity contribution in [2.24, 2.45) is 0 Å². The molecule has 1 aliphatic heterocycles. The van der Waals surface area contributed by atoms with Crippen molar-refractivity contribution in [3.05, 3.63) is 34.5 Å². The molecule has 0 amide bonds. The van der Waals surface area contributed by atoms with Crippen molar-refractivity contribution in [1.29, 1.82) is 0 Å². The van der Waals surface area contributed by atoms with Crippen LogP contribution in [-0.4, -0.2) is 42.5 Å². The van der Waals surface area contributed by atoms with E-state index >= 15 is 0 Å². The van der Waals surface area contributed by atoms with Gasteiger partial charge in [-0.1, -0.05) is 36.4 Å². The van der Waals surface area contributed by atoms with Crippen molar-refractivity contribution >= 4 is 34.2 Å². The molecule has 0 radical (unpaired) electrons. The largest absolute Gasteiger partial charge is 0.340 e. The highest BCUT2D eigenvalue weighted by Gasteiger charge is 2.18. The molecule has 8 heteroatoms. The number of fused-ring (bicyclic) bond motifs is 1. The quantitative estimate of drug-likeness (QED) is 0.321. The molecule has 0 aliphatic carbocycles. The lowest BCUT2D eigenvalue weighted by Crippen LogP contribution is -2.19. The van der Waals surface area contributed by atoms with E-state index in [-0.39, 0.29) is 0 Å². The molecule has 0 bridgehead atoms. The number of hydrogen-bond donors (Lipinski definition) is 0. The summed E-state index contributed by atoms with van der Waals surface area (Å²) < 4.78 is 4.48. The van der Waals surface area contributed by atoms with Crippen LogP contribution >= 0.6 is 22.6 Å². The number of nitrogens with zero attached hydrogens (tertiary/aromatic N) is 7. The van der Waals surface area contributed by atoms with Crippen LogP contribution in [0.1, 0.15) is 61.1 Å². The van der Waals surface area contributed by atoms with Gasteiger partial charge in [0.2, 0.25) is 11.8 Å². The van der Waals surface area contributed by atoms with Gasteiger partial charge in [0.05, 0.1) is 15.9 Å². The van der Waals surface area contributed by atoms with E-state index in [0.29, 0.717) is 16.3 Å². The fourth-order valence-electron chi connectivity index (χ4n) is 3.42. The van der Waals surface area contributed by atoms with Gasteiger partial charge in [-0.05, 0) is 50.5 Å². The molecule has 28 heavy (non-hydrogen) atoms. The van der Waals surface area contributed by atoms with Gasteiger partial charge in [-0.2, -0.15) is 10.1 Å². The Hall–Kier alpha value is -2.15. The SMILES string of the molecule is Cc1nc2c(C(C)C)cc(C#Cc3nc(N4CCCC4)nn3CI)nn2c1C. The topological polar surface area (TPSA) is 64.1 Å². The van der Waals surface area contributed by atoms with Gasteiger partial charge < -0.3 is 4.90 Å². The van der Waals surface area contributed by atoms with E-state index in [9.17, 15) is 0 Å². The minimum Gasteiger partial charge on any atom is -0.340 e. The van der Waals surface area contributed by atoms with Gasteiger partial charge in [0.1, 0.15) is 5.69 Å². The third-order valence-corrected chi connectivity index (χ3v) is 5.81. The predicted octanol–water partition coefficient (Wildman–Crippen LogP) is 3.45. The molecule has 0 N–H and O–H groups in total. The highest BCUT2D eigenvalue weighted by atomic mass is 127. The molecule has 1 saturated heterocycles. The standard InChI is InChI=1S/C20H24IN7/c1-13(2)17-11-16(24-28-15(4)14(3)22-19(17)28)7-8-18-23-20(25-27(18)12-21)26-9-5-6-10-26/h11,13H,5-6,9-10,12H2,1-4H3. The van der Waals surface area contributed by atoms with Gasteiger partial charge >= 0.3 is 0 Å². The highest BCUT2D eigenvalue weighted by Crippen LogP contribution is 2.22. The third-order valence-electron chi connectivity index (χ3n) is 5.16. The van der Waals surface area contributed by atoms with E-state index < -0.39 is 0 Å². The van der Waals surface area contributed by atoms with Gasteiger partial charge in [-0.3, -0.25) is 0 Å². The minimum absolute atomic E-state index is 0.340. The number of halogens is 1. The molecular formula is C20H24IN7. The van der Waals surface area contributed by atoms with Gasteiger partial charge in [-0.15, -0.1) is 5.10 Å². The van der Waals surface area contributed by atoms with Crippen LogP contribution in [0.3, 0.4) is 0 Å². The van der Waals surface area contributed by atoms with Crippen LogP contribution in [-0.2, 0) is 4.55 Å². The Bertz CT molecular complexity index is 1080. The zero-order chi connectivity index (χ0) is 19.8. The van der Waals surface area contributed by atoms with Crippen molar-refractivity contribution in [3.63, 3.8) is 0 Å². The number of imidazole rings is 1. The number of alkyl halides is 1. The molecule has 0 aromatic carbocycles. The molecule has 3 aromatic rings. The summed E-state index contributed by atoms with van der Waals surface area (Å²) in [6, 6.07) is 2.05. The van der Waals surface area contributed by atoms with Crippen LogP contribution in [0.2, 0.25) is 0 Å². The maximum atomic E-state index is 4.70. The molecule has 7 nitrogen and oxygen atoms in total. The van der Waals surface area contributed by atoms with Crippen molar-refractivity contribution in [3.8, 4) is 11.8 Å². The Morgan fingerprint density at radius 3 is 2.54 bits per heavy atom. The lowest BCUT2D eigenvalue weighted by Gasteiger charge is -2.10.